The molecule has 25 heavy (non-hydrogen) atoms. The standard InChI is InChI=1S/C18H39NO6/c1-2-10-20-16-21-11-5-3-6-12-22-17-23-13-7-4-8-14-24-18-25-15-9-19/h2-19H2,1H3. The van der Waals surface area contributed by atoms with Crippen LogP contribution in [0, 0.1) is 0 Å². The van der Waals surface area contributed by atoms with Crippen molar-refractivity contribution in [2.75, 3.05) is 66.6 Å². The van der Waals surface area contributed by atoms with Gasteiger partial charge in [0.05, 0.1) is 6.61 Å². The maximum absolute atomic E-state index is 5.44. The van der Waals surface area contributed by atoms with E-state index in [-0.39, 0.29) is 0 Å². The van der Waals surface area contributed by atoms with Gasteiger partial charge in [-0.3, -0.25) is 0 Å². The minimum absolute atomic E-state index is 0.334. The smallest absolute Gasteiger partial charge is 0.146 e. The minimum Gasteiger partial charge on any atom is -0.355 e. The molecule has 0 aromatic heterocycles. The number of unbranched alkanes of at least 4 members (excludes halogenated alkanes) is 4. The summed E-state index contributed by atoms with van der Waals surface area (Å²) in [6.07, 6.45) is 7.32. The fraction of sp³-hybridized carbons (Fsp3) is 1.00. The summed E-state index contributed by atoms with van der Waals surface area (Å²) in [7, 11) is 0. The Morgan fingerprint density at radius 1 is 0.480 bits per heavy atom. The second kappa shape index (κ2) is 23.7. The second-order valence-electron chi connectivity index (χ2n) is 5.71. The van der Waals surface area contributed by atoms with Crippen LogP contribution < -0.4 is 5.73 Å². The number of hydrogen-bond acceptors (Lipinski definition) is 7. The van der Waals surface area contributed by atoms with Gasteiger partial charge < -0.3 is 34.2 Å². The summed E-state index contributed by atoms with van der Waals surface area (Å²) < 4.78 is 31.9. The van der Waals surface area contributed by atoms with E-state index in [0.29, 0.717) is 33.5 Å². The maximum atomic E-state index is 5.44. The van der Waals surface area contributed by atoms with Gasteiger partial charge in [0.15, 0.2) is 0 Å². The predicted octanol–water partition coefficient (Wildman–Crippen LogP) is 2.67. The van der Waals surface area contributed by atoms with E-state index in [1.54, 1.807) is 0 Å². The third kappa shape index (κ3) is 23.7. The van der Waals surface area contributed by atoms with Crippen molar-refractivity contribution in [3.05, 3.63) is 0 Å². The predicted molar refractivity (Wildman–Crippen MR) is 97.4 cm³/mol. The molecule has 2 N–H and O–H groups in total. The molecule has 0 aromatic carbocycles. The molecule has 0 aliphatic heterocycles. The zero-order valence-electron chi connectivity index (χ0n) is 16.0. The molecule has 7 nitrogen and oxygen atoms in total. The van der Waals surface area contributed by atoms with Crippen LogP contribution in [0.3, 0.4) is 0 Å². The van der Waals surface area contributed by atoms with Crippen LogP contribution in [-0.4, -0.2) is 66.6 Å². The number of ether oxygens (including phenoxy) is 6. The van der Waals surface area contributed by atoms with Gasteiger partial charge in [0.1, 0.15) is 20.4 Å². The van der Waals surface area contributed by atoms with E-state index < -0.39 is 0 Å². The summed E-state index contributed by atoms with van der Waals surface area (Å²) in [6.45, 7) is 8.00. The molecule has 0 fully saturated rings. The van der Waals surface area contributed by atoms with Gasteiger partial charge in [-0.1, -0.05) is 6.92 Å². The van der Waals surface area contributed by atoms with E-state index in [1.807, 2.05) is 0 Å². The van der Waals surface area contributed by atoms with Gasteiger partial charge in [0, 0.05) is 39.6 Å². The number of rotatable bonds is 22. The molecular weight excluding hydrogens is 326 g/mol. The molecule has 0 bridgehead atoms. The second-order valence-corrected chi connectivity index (χ2v) is 5.71. The lowest BCUT2D eigenvalue weighted by molar-refractivity contribution is -0.0616. The zero-order chi connectivity index (χ0) is 18.3. The van der Waals surface area contributed by atoms with Crippen molar-refractivity contribution in [2.45, 2.75) is 51.9 Å². The summed E-state index contributed by atoms with van der Waals surface area (Å²) in [5.41, 5.74) is 5.30. The van der Waals surface area contributed by atoms with Crippen LogP contribution >= 0.6 is 0 Å². The van der Waals surface area contributed by atoms with Crippen molar-refractivity contribution in [2.24, 2.45) is 5.73 Å². The lowest BCUT2D eigenvalue weighted by Crippen LogP contribution is -2.11. The van der Waals surface area contributed by atoms with Crippen LogP contribution in [0.4, 0.5) is 0 Å². The molecule has 0 amide bonds. The molecule has 0 rings (SSSR count). The third-order valence-electron chi connectivity index (χ3n) is 3.27. The lowest BCUT2D eigenvalue weighted by Gasteiger charge is -2.07. The molecule has 152 valence electrons. The molecule has 0 radical (unpaired) electrons. The van der Waals surface area contributed by atoms with E-state index in [0.717, 1.165) is 78.0 Å². The largest absolute Gasteiger partial charge is 0.355 e. The average molecular weight is 366 g/mol. The first kappa shape index (κ1) is 24.7. The summed E-state index contributed by atoms with van der Waals surface area (Å²) in [5.74, 6) is 0. The Morgan fingerprint density at radius 3 is 1.20 bits per heavy atom. The molecule has 0 atom stereocenters. The van der Waals surface area contributed by atoms with Crippen molar-refractivity contribution in [3.63, 3.8) is 0 Å². The summed E-state index contributed by atoms with van der Waals surface area (Å²) >= 11 is 0. The average Bonchev–Trinajstić information content (AvgIpc) is 2.63. The van der Waals surface area contributed by atoms with Gasteiger partial charge in [-0.2, -0.15) is 0 Å². The van der Waals surface area contributed by atoms with Crippen molar-refractivity contribution in [3.8, 4) is 0 Å². The quantitative estimate of drug-likeness (QED) is 0.233. The Kier molecular flexibility index (Phi) is 23.5. The summed E-state index contributed by atoms with van der Waals surface area (Å²) in [5, 5.41) is 0. The van der Waals surface area contributed by atoms with Crippen molar-refractivity contribution in [1.82, 2.24) is 0 Å². The monoisotopic (exact) mass is 365 g/mol. The molecule has 0 aromatic rings. The molecular formula is C18H39NO6. The van der Waals surface area contributed by atoms with Gasteiger partial charge in [0.2, 0.25) is 0 Å². The number of nitrogens with two attached hydrogens (primary N) is 1. The molecule has 0 saturated carbocycles. The molecule has 0 spiro atoms. The molecule has 0 saturated heterocycles. The Balaban J connectivity index is 2.94. The van der Waals surface area contributed by atoms with Crippen LogP contribution in [-0.2, 0) is 28.4 Å². The summed E-state index contributed by atoms with van der Waals surface area (Å²) in [4.78, 5) is 0. The fourth-order valence-electron chi connectivity index (χ4n) is 1.93. The van der Waals surface area contributed by atoms with Crippen LogP contribution in [0.15, 0.2) is 0 Å². The van der Waals surface area contributed by atoms with Crippen molar-refractivity contribution >= 4 is 0 Å². The molecule has 0 aliphatic carbocycles. The number of hydrogen-bond donors (Lipinski definition) is 1. The molecule has 0 aliphatic rings. The van der Waals surface area contributed by atoms with Crippen LogP contribution in [0.25, 0.3) is 0 Å². The Hall–Kier alpha value is -0.280. The van der Waals surface area contributed by atoms with E-state index in [4.69, 9.17) is 34.2 Å². The first-order valence-corrected chi connectivity index (χ1v) is 9.58. The Morgan fingerprint density at radius 2 is 0.840 bits per heavy atom. The molecule has 0 unspecified atom stereocenters. The van der Waals surface area contributed by atoms with E-state index in [9.17, 15) is 0 Å². The van der Waals surface area contributed by atoms with E-state index >= 15 is 0 Å². The van der Waals surface area contributed by atoms with Gasteiger partial charge in [-0.15, -0.1) is 0 Å². The van der Waals surface area contributed by atoms with Crippen LogP contribution in [0.5, 0.6) is 0 Å². The zero-order valence-corrected chi connectivity index (χ0v) is 16.0. The van der Waals surface area contributed by atoms with Gasteiger partial charge in [-0.05, 0) is 44.9 Å². The molecule has 0 heterocycles. The maximum Gasteiger partial charge on any atom is 0.146 e. The van der Waals surface area contributed by atoms with Gasteiger partial charge in [-0.25, -0.2) is 0 Å². The van der Waals surface area contributed by atoms with Crippen molar-refractivity contribution < 1.29 is 28.4 Å². The van der Waals surface area contributed by atoms with Gasteiger partial charge in [0.25, 0.3) is 0 Å². The normalized spacial score (nSPS) is 11.3. The highest BCUT2D eigenvalue weighted by Gasteiger charge is 1.94. The van der Waals surface area contributed by atoms with Crippen LogP contribution in [0.1, 0.15) is 51.9 Å². The first-order valence-electron chi connectivity index (χ1n) is 9.58. The lowest BCUT2D eigenvalue weighted by atomic mass is 10.2. The SMILES string of the molecule is CCCOCOCCCCCOCOCCCCCOCOCCN. The third-order valence-corrected chi connectivity index (χ3v) is 3.27. The highest BCUT2D eigenvalue weighted by molar-refractivity contribution is 4.41. The highest BCUT2D eigenvalue weighted by Crippen LogP contribution is 1.99. The molecule has 7 heteroatoms. The fourth-order valence-corrected chi connectivity index (χ4v) is 1.93. The Bertz CT molecular complexity index is 212. The van der Waals surface area contributed by atoms with Crippen molar-refractivity contribution in [1.29, 1.82) is 0 Å². The van der Waals surface area contributed by atoms with Gasteiger partial charge >= 0.3 is 0 Å². The first-order chi connectivity index (χ1) is 12.4. The Labute approximate surface area is 153 Å². The van der Waals surface area contributed by atoms with E-state index in [2.05, 4.69) is 6.92 Å². The van der Waals surface area contributed by atoms with Crippen LogP contribution in [0.2, 0.25) is 0 Å². The summed E-state index contributed by atoms with van der Waals surface area (Å²) in [6, 6.07) is 0. The minimum atomic E-state index is 0.334. The highest BCUT2D eigenvalue weighted by atomic mass is 16.7. The van der Waals surface area contributed by atoms with E-state index in [1.165, 1.54) is 0 Å². The topological polar surface area (TPSA) is 81.4 Å².